The zero-order valence-electron chi connectivity index (χ0n) is 13.0. The Morgan fingerprint density at radius 2 is 0.926 bits per heavy atom. The van der Waals surface area contributed by atoms with Crippen LogP contribution in [0.5, 0.6) is 0 Å². The normalized spacial score (nSPS) is 16.3. The van der Waals surface area contributed by atoms with Gasteiger partial charge in [0.05, 0.1) is 0 Å². The fourth-order valence-electron chi connectivity index (χ4n) is 1.36. The van der Waals surface area contributed by atoms with Crippen molar-refractivity contribution in [2.24, 2.45) is 0 Å². The highest BCUT2D eigenvalue weighted by Gasteiger charge is 2.50. The number of hydrogen-bond donors (Lipinski definition) is 0. The molecule has 0 aliphatic carbocycles. The third-order valence-electron chi connectivity index (χ3n) is 2.34. The van der Waals surface area contributed by atoms with Crippen molar-refractivity contribution >= 4 is 66.1 Å². The Labute approximate surface area is 159 Å². The van der Waals surface area contributed by atoms with Crippen LogP contribution in [-0.2, 0) is 51.5 Å². The van der Waals surface area contributed by atoms with Crippen molar-refractivity contribution in [1.82, 2.24) is 0 Å². The predicted octanol–water partition coefficient (Wildman–Crippen LogP) is -2.91. The zero-order valence-corrected chi connectivity index (χ0v) is 15.3. The minimum Gasteiger partial charge on any atom is -0.547 e. The fourth-order valence-corrected chi connectivity index (χ4v) is 3.26. The molecule has 0 radical (unpaired) electrons. The molecule has 0 aromatic heterocycles. The Morgan fingerprint density at radius 3 is 1.19 bits per heavy atom. The van der Waals surface area contributed by atoms with E-state index in [1.54, 1.807) is 0 Å². The van der Waals surface area contributed by atoms with Gasteiger partial charge in [-0.15, -0.1) is 0 Å². The second-order valence-electron chi connectivity index (χ2n) is 4.20. The average molecular weight is 414 g/mol. The van der Waals surface area contributed by atoms with E-state index in [0.717, 1.165) is 24.3 Å². The second kappa shape index (κ2) is 10.3. The predicted molar refractivity (Wildman–Crippen MR) is 79.1 cm³/mol. The van der Waals surface area contributed by atoms with Crippen molar-refractivity contribution in [1.29, 1.82) is 0 Å². The Bertz CT molecular complexity index is 650. The van der Waals surface area contributed by atoms with Crippen LogP contribution in [0.3, 0.4) is 0 Å². The van der Waals surface area contributed by atoms with Gasteiger partial charge in [0.1, 0.15) is 0 Å². The first-order valence-corrected chi connectivity index (χ1v) is 9.42. The lowest BCUT2D eigenvalue weighted by atomic mass is 10.5. The van der Waals surface area contributed by atoms with Crippen molar-refractivity contribution in [3.05, 3.63) is 36.5 Å². The van der Waals surface area contributed by atoms with Gasteiger partial charge in [-0.05, 0) is 0 Å². The lowest BCUT2D eigenvalue weighted by molar-refractivity contribution is -0.144. The topological polar surface area (TPSA) is 189 Å². The number of carbonyl (C=O) groups excluding carboxylic acids is 6. The smallest absolute Gasteiger partial charge is 0.547 e. The minimum atomic E-state index is -3.42. The Morgan fingerprint density at radius 1 is 0.667 bits per heavy atom. The van der Waals surface area contributed by atoms with Gasteiger partial charge in [-0.2, -0.15) is 0 Å². The van der Waals surface area contributed by atoms with Crippen LogP contribution in [0, 0.1) is 0 Å². The lowest BCUT2D eigenvalue weighted by Crippen LogP contribution is -2.32. The summed E-state index contributed by atoms with van der Waals surface area (Å²) in [4.78, 5) is 67.5. The monoisotopic (exact) mass is 414 g/mol. The molecule has 13 nitrogen and oxygen atoms in total. The molecule has 0 saturated carbocycles. The summed E-state index contributed by atoms with van der Waals surface area (Å²) < 4.78 is 27.6. The first kappa shape index (κ1) is 22.1. The third kappa shape index (κ3) is 7.87. The molecular formula is C12H8Al2O13. The van der Waals surface area contributed by atoms with Crippen LogP contribution in [0.15, 0.2) is 36.5 Å². The van der Waals surface area contributed by atoms with Gasteiger partial charge in [-0.3, -0.25) is 28.8 Å². The zero-order chi connectivity index (χ0) is 19.1. The maximum Gasteiger partial charge on any atom is 1.20 e. The largest absolute Gasteiger partial charge is 1.20 e. The van der Waals surface area contributed by atoms with Gasteiger partial charge in [0.15, 0.2) is 0 Å². The summed E-state index contributed by atoms with van der Waals surface area (Å²) in [7, 11) is 0. The molecule has 0 saturated heterocycles. The van der Waals surface area contributed by atoms with Crippen LogP contribution in [0.25, 0.3) is 0 Å². The summed E-state index contributed by atoms with van der Waals surface area (Å²) >= 11 is -6.84. The van der Waals surface area contributed by atoms with E-state index < -0.39 is 66.1 Å². The summed E-state index contributed by atoms with van der Waals surface area (Å²) in [6, 6.07) is 0. The quantitative estimate of drug-likeness (QED) is 0.337. The second-order valence-corrected chi connectivity index (χ2v) is 6.77. The minimum absolute atomic E-state index is 0. The molecule has 0 atom stereocenters. The van der Waals surface area contributed by atoms with E-state index in [2.05, 4.69) is 22.7 Å². The van der Waals surface area contributed by atoms with Crippen molar-refractivity contribution < 1.29 is 57.0 Å². The van der Waals surface area contributed by atoms with Crippen molar-refractivity contribution in [3.8, 4) is 0 Å². The van der Waals surface area contributed by atoms with Crippen LogP contribution in [-0.4, -0.2) is 71.6 Å². The molecule has 2 aliphatic heterocycles. The molecule has 0 aromatic carbocycles. The number of rotatable bonds is 4. The standard InChI is InChI=1S/3C4H4O4.2Al.H2O/c3*5-3(6)1-2-4(7)8;;;/h3*1-2H,(H,5,6)(H,7,8);;;1H2/q;;;2*+3;/p-6/b2-1+;;;;;. The van der Waals surface area contributed by atoms with E-state index in [9.17, 15) is 28.8 Å². The summed E-state index contributed by atoms with van der Waals surface area (Å²) in [6.45, 7) is 0. The first-order valence-electron chi connectivity index (χ1n) is 6.60. The molecule has 15 heteroatoms. The van der Waals surface area contributed by atoms with Gasteiger partial charge in [0.2, 0.25) is 0 Å². The molecule has 0 amide bonds. The average Bonchev–Trinajstić information content (AvgIpc) is 2.81. The van der Waals surface area contributed by atoms with Crippen molar-refractivity contribution in [2.45, 2.75) is 0 Å². The molecular weight excluding hydrogens is 406 g/mol. The molecule has 0 bridgehead atoms. The van der Waals surface area contributed by atoms with Gasteiger partial charge in [0.25, 0.3) is 35.8 Å². The lowest BCUT2D eigenvalue weighted by Gasteiger charge is -2.08. The van der Waals surface area contributed by atoms with Crippen LogP contribution < -0.4 is 0 Å². The van der Waals surface area contributed by atoms with Gasteiger partial charge < -0.3 is 28.2 Å². The highest BCUT2D eigenvalue weighted by molar-refractivity contribution is 6.46. The molecule has 2 aliphatic rings. The molecule has 27 heavy (non-hydrogen) atoms. The van der Waals surface area contributed by atoms with Crippen LogP contribution in [0.4, 0.5) is 0 Å². The van der Waals surface area contributed by atoms with E-state index in [1.165, 1.54) is 0 Å². The third-order valence-corrected chi connectivity index (χ3v) is 4.89. The summed E-state index contributed by atoms with van der Waals surface area (Å²) in [5.74, 6) is -6.06. The maximum absolute atomic E-state index is 11.5. The van der Waals surface area contributed by atoms with E-state index in [4.69, 9.17) is 0 Å². The van der Waals surface area contributed by atoms with Gasteiger partial charge in [-0.25, -0.2) is 0 Å². The molecule has 2 heterocycles. The Balaban J connectivity index is 0.00000364. The number of hydrogen-bond acceptors (Lipinski definition) is 12. The van der Waals surface area contributed by atoms with Crippen LogP contribution in [0.1, 0.15) is 0 Å². The first-order chi connectivity index (χ1) is 12.3. The summed E-state index contributed by atoms with van der Waals surface area (Å²) in [5, 5.41) is 0. The van der Waals surface area contributed by atoms with Crippen LogP contribution in [0.2, 0.25) is 0 Å². The van der Waals surface area contributed by atoms with Gasteiger partial charge in [0, 0.05) is 36.5 Å². The van der Waals surface area contributed by atoms with E-state index >= 15 is 0 Å². The Hall–Kier alpha value is -2.94. The van der Waals surface area contributed by atoms with Crippen molar-refractivity contribution in [2.75, 3.05) is 0 Å². The van der Waals surface area contributed by atoms with Crippen molar-refractivity contribution in [3.63, 3.8) is 0 Å². The number of carbonyl (C=O) groups is 6. The SMILES string of the molecule is O.O=C1C=CC(=O)[O][Al]([O]C(=O)/C=C/C(=O)[O][Al]2[O]C(=O)C=CC(=O)[O]2)[O]1. The summed E-state index contributed by atoms with van der Waals surface area (Å²) in [5.41, 5.74) is 0. The van der Waals surface area contributed by atoms with E-state index in [-0.39, 0.29) is 5.48 Å². The molecule has 2 N–H and O–H groups in total. The molecule has 2 rings (SSSR count). The van der Waals surface area contributed by atoms with E-state index in [0.29, 0.717) is 12.2 Å². The highest BCUT2D eigenvalue weighted by atomic mass is 27.3. The van der Waals surface area contributed by atoms with E-state index in [1.807, 2.05) is 0 Å². The molecule has 0 fully saturated rings. The molecule has 0 spiro atoms. The van der Waals surface area contributed by atoms with Crippen LogP contribution >= 0.6 is 0 Å². The molecule has 140 valence electrons. The van der Waals surface area contributed by atoms with Gasteiger partial charge >= 0.3 is 30.3 Å². The summed E-state index contributed by atoms with van der Waals surface area (Å²) in [6.07, 6.45) is 4.36. The highest BCUT2D eigenvalue weighted by Crippen LogP contribution is 2.04. The molecule has 0 aromatic rings. The van der Waals surface area contributed by atoms with Gasteiger partial charge in [-0.1, -0.05) is 0 Å². The molecule has 0 unspecified atom stereocenters. The maximum atomic E-state index is 11.5. The Kier molecular flexibility index (Phi) is 8.41. The fraction of sp³-hybridized carbons (Fsp3) is 0.